The van der Waals surface area contributed by atoms with Crippen molar-refractivity contribution in [1.29, 1.82) is 0 Å². The van der Waals surface area contributed by atoms with Crippen molar-refractivity contribution in [2.45, 2.75) is 32.9 Å². The molecule has 0 bridgehead atoms. The van der Waals surface area contributed by atoms with Crippen LogP contribution in [0, 0.1) is 6.92 Å². The highest BCUT2D eigenvalue weighted by Crippen LogP contribution is 2.20. The molecule has 4 rings (SSSR count). The number of hydrogen-bond acceptors (Lipinski definition) is 6. The van der Waals surface area contributed by atoms with Crippen LogP contribution in [-0.2, 0) is 16.1 Å². The van der Waals surface area contributed by atoms with Gasteiger partial charge in [-0.2, -0.15) is 0 Å². The van der Waals surface area contributed by atoms with Gasteiger partial charge in [-0.15, -0.1) is 11.3 Å². The van der Waals surface area contributed by atoms with E-state index in [9.17, 15) is 14.4 Å². The molecule has 1 aromatic carbocycles. The van der Waals surface area contributed by atoms with Crippen LogP contribution < -0.4 is 10.9 Å². The van der Waals surface area contributed by atoms with Gasteiger partial charge in [0.05, 0.1) is 18.2 Å². The lowest BCUT2D eigenvalue weighted by Crippen LogP contribution is -2.49. The van der Waals surface area contributed by atoms with Gasteiger partial charge in [0, 0.05) is 57.3 Å². The number of thiazole rings is 1. The molecule has 8 nitrogen and oxygen atoms in total. The summed E-state index contributed by atoms with van der Waals surface area (Å²) >= 11 is 1.44. The molecule has 3 heterocycles. The molecule has 3 aromatic rings. The Kier molecular flexibility index (Phi) is 6.66. The Morgan fingerprint density at radius 2 is 1.88 bits per heavy atom. The number of piperazine rings is 1. The molecular formula is C23H27N5O3S. The lowest BCUT2D eigenvalue weighted by Gasteiger charge is -2.35. The minimum atomic E-state index is -0.340. The van der Waals surface area contributed by atoms with Crippen molar-refractivity contribution in [3.63, 3.8) is 0 Å². The molecule has 1 saturated heterocycles. The standard InChI is InChI=1S/C23H27N5O3S/c1-16-3-5-18(6-4-16)20(24-17(2)29)14-21(30)27-9-7-26(8-10-27)15-19-13-22(31)28-11-12-32-23(28)25-19/h3-6,11-13,20H,7-10,14-15H2,1-2H3,(H,24,29). The van der Waals surface area contributed by atoms with Crippen molar-refractivity contribution in [2.75, 3.05) is 26.2 Å². The van der Waals surface area contributed by atoms with E-state index in [2.05, 4.69) is 15.2 Å². The summed E-state index contributed by atoms with van der Waals surface area (Å²) in [6.07, 6.45) is 1.96. The Labute approximate surface area is 190 Å². The Morgan fingerprint density at radius 1 is 1.16 bits per heavy atom. The van der Waals surface area contributed by atoms with E-state index in [4.69, 9.17) is 0 Å². The van der Waals surface area contributed by atoms with Gasteiger partial charge in [-0.3, -0.25) is 23.7 Å². The van der Waals surface area contributed by atoms with Crippen LogP contribution in [0.1, 0.15) is 36.2 Å². The van der Waals surface area contributed by atoms with E-state index in [1.54, 1.807) is 16.7 Å². The minimum Gasteiger partial charge on any atom is -0.349 e. The summed E-state index contributed by atoms with van der Waals surface area (Å²) in [6.45, 7) is 6.71. The van der Waals surface area contributed by atoms with Crippen molar-refractivity contribution in [1.82, 2.24) is 24.5 Å². The third-order valence-electron chi connectivity index (χ3n) is 5.70. The second-order valence-electron chi connectivity index (χ2n) is 8.17. The molecule has 32 heavy (non-hydrogen) atoms. The summed E-state index contributed by atoms with van der Waals surface area (Å²) < 4.78 is 1.55. The van der Waals surface area contributed by atoms with Crippen LogP contribution in [0.25, 0.3) is 4.96 Å². The highest BCUT2D eigenvalue weighted by atomic mass is 32.1. The molecule has 0 saturated carbocycles. The van der Waals surface area contributed by atoms with E-state index in [-0.39, 0.29) is 29.8 Å². The van der Waals surface area contributed by atoms with Crippen molar-refractivity contribution < 1.29 is 9.59 Å². The molecule has 1 N–H and O–H groups in total. The summed E-state index contributed by atoms with van der Waals surface area (Å²) in [5.41, 5.74) is 2.75. The topological polar surface area (TPSA) is 87.0 Å². The van der Waals surface area contributed by atoms with Gasteiger partial charge in [-0.25, -0.2) is 4.98 Å². The second kappa shape index (κ2) is 9.62. The van der Waals surface area contributed by atoms with Crippen LogP contribution in [0.3, 0.4) is 0 Å². The first kappa shape index (κ1) is 22.2. The fourth-order valence-corrected chi connectivity index (χ4v) is 4.69. The number of aromatic nitrogens is 2. The summed E-state index contributed by atoms with van der Waals surface area (Å²) in [4.78, 5) is 46.2. The molecular weight excluding hydrogens is 426 g/mol. The fraction of sp³-hybridized carbons (Fsp3) is 0.391. The first-order valence-corrected chi connectivity index (χ1v) is 11.6. The number of hydrogen-bond donors (Lipinski definition) is 1. The van der Waals surface area contributed by atoms with Gasteiger partial charge in [-0.05, 0) is 12.5 Å². The average molecular weight is 454 g/mol. The first-order valence-electron chi connectivity index (χ1n) is 10.7. The van der Waals surface area contributed by atoms with E-state index >= 15 is 0 Å². The van der Waals surface area contributed by atoms with Gasteiger partial charge in [0.15, 0.2) is 4.96 Å². The monoisotopic (exact) mass is 453 g/mol. The number of benzene rings is 1. The van der Waals surface area contributed by atoms with Crippen molar-refractivity contribution in [3.8, 4) is 0 Å². The normalized spacial score (nSPS) is 15.6. The molecule has 1 aliphatic rings. The van der Waals surface area contributed by atoms with Crippen molar-refractivity contribution in [3.05, 3.63) is 69.1 Å². The number of carbonyl (C=O) groups is 2. The van der Waals surface area contributed by atoms with E-state index in [1.807, 2.05) is 41.5 Å². The average Bonchev–Trinajstić information content (AvgIpc) is 3.23. The fourth-order valence-electron chi connectivity index (χ4n) is 3.95. The largest absolute Gasteiger partial charge is 0.349 e. The number of fused-ring (bicyclic) bond motifs is 1. The zero-order valence-electron chi connectivity index (χ0n) is 18.3. The second-order valence-corrected chi connectivity index (χ2v) is 9.04. The number of rotatable bonds is 6. The number of aryl methyl sites for hydroxylation is 1. The molecule has 0 radical (unpaired) electrons. The predicted molar refractivity (Wildman–Crippen MR) is 124 cm³/mol. The van der Waals surface area contributed by atoms with E-state index < -0.39 is 0 Å². The Balaban J connectivity index is 1.35. The molecule has 2 amide bonds. The molecule has 2 aromatic heterocycles. The van der Waals surface area contributed by atoms with E-state index in [1.165, 1.54) is 18.3 Å². The van der Waals surface area contributed by atoms with Crippen LogP contribution in [-0.4, -0.2) is 57.2 Å². The highest BCUT2D eigenvalue weighted by Gasteiger charge is 2.25. The van der Waals surface area contributed by atoms with Gasteiger partial charge in [-0.1, -0.05) is 29.8 Å². The Bertz CT molecular complexity index is 1160. The van der Waals surface area contributed by atoms with Crippen LogP contribution in [0.2, 0.25) is 0 Å². The third-order valence-corrected chi connectivity index (χ3v) is 6.46. The van der Waals surface area contributed by atoms with E-state index in [0.717, 1.165) is 16.8 Å². The van der Waals surface area contributed by atoms with Gasteiger partial charge in [0.25, 0.3) is 5.56 Å². The van der Waals surface area contributed by atoms with Gasteiger partial charge < -0.3 is 10.2 Å². The maximum absolute atomic E-state index is 13.0. The molecule has 1 aliphatic heterocycles. The van der Waals surface area contributed by atoms with Gasteiger partial charge in [0.1, 0.15) is 0 Å². The summed E-state index contributed by atoms with van der Waals surface area (Å²) in [6, 6.07) is 9.13. The Morgan fingerprint density at radius 3 is 2.56 bits per heavy atom. The van der Waals surface area contributed by atoms with Crippen molar-refractivity contribution >= 4 is 28.1 Å². The maximum Gasteiger partial charge on any atom is 0.258 e. The number of nitrogens with one attached hydrogen (secondary N) is 1. The van der Waals surface area contributed by atoms with Gasteiger partial charge >= 0.3 is 0 Å². The van der Waals surface area contributed by atoms with Crippen molar-refractivity contribution in [2.24, 2.45) is 0 Å². The maximum atomic E-state index is 13.0. The van der Waals surface area contributed by atoms with Crippen LogP contribution in [0.5, 0.6) is 0 Å². The first-order chi connectivity index (χ1) is 15.4. The number of carbonyl (C=O) groups excluding carboxylic acids is 2. The zero-order chi connectivity index (χ0) is 22.7. The number of nitrogens with zero attached hydrogens (tertiary/aromatic N) is 4. The molecule has 0 spiro atoms. The lowest BCUT2D eigenvalue weighted by molar-refractivity contribution is -0.133. The molecule has 1 atom stereocenters. The Hall–Kier alpha value is -3.04. The smallest absolute Gasteiger partial charge is 0.258 e. The van der Waals surface area contributed by atoms with Crippen LogP contribution >= 0.6 is 11.3 Å². The molecule has 9 heteroatoms. The molecule has 1 fully saturated rings. The minimum absolute atomic E-state index is 0.0281. The molecule has 0 aliphatic carbocycles. The summed E-state index contributed by atoms with van der Waals surface area (Å²) in [7, 11) is 0. The molecule has 168 valence electrons. The molecule has 1 unspecified atom stereocenters. The van der Waals surface area contributed by atoms with E-state index in [0.29, 0.717) is 37.7 Å². The van der Waals surface area contributed by atoms with Crippen LogP contribution in [0.4, 0.5) is 0 Å². The highest BCUT2D eigenvalue weighted by molar-refractivity contribution is 7.15. The zero-order valence-corrected chi connectivity index (χ0v) is 19.1. The predicted octanol–water partition coefficient (Wildman–Crippen LogP) is 1.98. The number of amides is 2. The SMILES string of the molecule is CC(=O)NC(CC(=O)N1CCN(Cc2cc(=O)n3ccsc3n2)CC1)c1ccc(C)cc1. The van der Waals surface area contributed by atoms with Gasteiger partial charge in [0.2, 0.25) is 11.8 Å². The third kappa shape index (κ3) is 5.23. The quantitative estimate of drug-likeness (QED) is 0.617. The summed E-state index contributed by atoms with van der Waals surface area (Å²) in [5.74, 6) is -0.125. The summed E-state index contributed by atoms with van der Waals surface area (Å²) in [5, 5.41) is 4.76. The van der Waals surface area contributed by atoms with Crippen LogP contribution in [0.15, 0.2) is 46.7 Å². The lowest BCUT2D eigenvalue weighted by atomic mass is 10.0.